The Morgan fingerprint density at radius 2 is 1.56 bits per heavy atom. The first-order valence-electron chi connectivity index (χ1n) is 10.8. The average Bonchev–Trinajstić information content (AvgIpc) is 2.72. The lowest BCUT2D eigenvalue weighted by atomic mass is 10.0. The molecule has 0 saturated heterocycles. The molecule has 0 spiro atoms. The second-order valence-electron chi connectivity index (χ2n) is 8.72. The quantitative estimate of drug-likeness (QED) is 0.434. The van der Waals surface area contributed by atoms with Crippen molar-refractivity contribution in [2.45, 2.75) is 65.1 Å². The Hall–Kier alpha value is -2.24. The van der Waals surface area contributed by atoms with E-state index in [0.29, 0.717) is 41.8 Å². The Morgan fingerprint density at radius 1 is 1.00 bits per heavy atom. The van der Waals surface area contributed by atoms with Crippen LogP contribution in [0.2, 0.25) is 10.0 Å². The highest BCUT2D eigenvalue weighted by Gasteiger charge is 2.30. The number of rotatable bonds is 10. The molecule has 0 aromatic heterocycles. The normalized spacial score (nSPS) is 12.2. The topological polar surface area (TPSA) is 58.6 Å². The minimum atomic E-state index is -0.561. The molecule has 7 heteroatoms. The van der Waals surface area contributed by atoms with Crippen molar-refractivity contribution < 1.29 is 14.3 Å². The molecule has 0 saturated carbocycles. The van der Waals surface area contributed by atoms with Gasteiger partial charge in [0.1, 0.15) is 11.8 Å². The van der Waals surface area contributed by atoms with Crippen LogP contribution in [0.1, 0.15) is 52.5 Å². The molecule has 1 N–H and O–H groups in total. The van der Waals surface area contributed by atoms with Crippen molar-refractivity contribution in [2.75, 3.05) is 6.61 Å². The van der Waals surface area contributed by atoms with Gasteiger partial charge in [0.05, 0.1) is 6.61 Å². The first-order chi connectivity index (χ1) is 15.1. The highest BCUT2D eigenvalue weighted by atomic mass is 35.5. The number of carbonyl (C=O) groups excluding carboxylic acids is 2. The lowest BCUT2D eigenvalue weighted by molar-refractivity contribution is -0.142. The van der Waals surface area contributed by atoms with E-state index in [2.05, 4.69) is 5.32 Å². The zero-order chi connectivity index (χ0) is 23.7. The molecule has 0 aliphatic heterocycles. The third-order valence-corrected chi connectivity index (χ3v) is 5.27. The van der Waals surface area contributed by atoms with E-state index in [1.165, 1.54) is 0 Å². The van der Waals surface area contributed by atoms with Crippen molar-refractivity contribution in [2.24, 2.45) is 0 Å². The molecule has 0 unspecified atom stereocenters. The molecule has 5 nitrogen and oxygen atoms in total. The van der Waals surface area contributed by atoms with Crippen LogP contribution in [0.15, 0.2) is 48.5 Å². The molecule has 2 aromatic rings. The Bertz CT molecular complexity index is 878. The molecular weight excluding hydrogens is 447 g/mol. The summed E-state index contributed by atoms with van der Waals surface area (Å²) in [6.45, 7) is 8.43. The lowest BCUT2D eigenvalue weighted by Gasteiger charge is -2.33. The van der Waals surface area contributed by atoms with Gasteiger partial charge in [-0.25, -0.2) is 0 Å². The Labute approximate surface area is 201 Å². The predicted molar refractivity (Wildman–Crippen MR) is 130 cm³/mol. The van der Waals surface area contributed by atoms with Gasteiger partial charge >= 0.3 is 0 Å². The third-order valence-electron chi connectivity index (χ3n) is 4.77. The molecular formula is C25H32Cl2N2O3. The zero-order valence-corrected chi connectivity index (χ0v) is 20.7. The maximum atomic E-state index is 13.2. The number of hydrogen-bond acceptors (Lipinski definition) is 3. The summed E-state index contributed by atoms with van der Waals surface area (Å²) in [6, 6.07) is 13.9. The number of carbonyl (C=O) groups is 2. The molecule has 2 amide bonds. The first-order valence-corrected chi connectivity index (χ1v) is 11.6. The molecule has 174 valence electrons. The highest BCUT2D eigenvalue weighted by molar-refractivity contribution is 6.30. The molecule has 2 rings (SSSR count). The van der Waals surface area contributed by atoms with Gasteiger partial charge in [-0.2, -0.15) is 0 Å². The van der Waals surface area contributed by atoms with Gasteiger partial charge in [-0.05, 0) is 75.6 Å². The van der Waals surface area contributed by atoms with Gasteiger partial charge in [0.2, 0.25) is 11.8 Å². The summed E-state index contributed by atoms with van der Waals surface area (Å²) in [5.74, 6) is 0.464. The van der Waals surface area contributed by atoms with E-state index >= 15 is 0 Å². The summed E-state index contributed by atoms with van der Waals surface area (Å²) in [4.78, 5) is 27.8. The van der Waals surface area contributed by atoms with E-state index in [-0.39, 0.29) is 23.8 Å². The number of ether oxygens (including phenoxy) is 1. The molecule has 0 aliphatic carbocycles. The number of hydrogen-bond donors (Lipinski definition) is 1. The summed E-state index contributed by atoms with van der Waals surface area (Å²) < 4.78 is 5.70. The Balaban J connectivity index is 2.07. The molecule has 0 heterocycles. The van der Waals surface area contributed by atoms with Crippen molar-refractivity contribution in [3.8, 4) is 5.75 Å². The molecule has 32 heavy (non-hydrogen) atoms. The second-order valence-corrected chi connectivity index (χ2v) is 9.59. The van der Waals surface area contributed by atoms with E-state index in [1.54, 1.807) is 41.3 Å². The van der Waals surface area contributed by atoms with Crippen LogP contribution < -0.4 is 10.1 Å². The van der Waals surface area contributed by atoms with Crippen molar-refractivity contribution in [1.29, 1.82) is 0 Å². The van der Waals surface area contributed by atoms with Crippen LogP contribution in [-0.4, -0.2) is 34.9 Å². The standard InChI is InChI=1S/C25H32Cl2N2O3/c1-5-22(24(31)28-25(2,3)4)29(17-18-8-10-19(26)11-9-18)23(30)7-6-16-32-21-14-12-20(27)13-15-21/h8-15,22H,5-7,16-17H2,1-4H3,(H,28,31)/t22-/m1/s1. The van der Waals surface area contributed by atoms with Gasteiger partial charge in [0.25, 0.3) is 0 Å². The van der Waals surface area contributed by atoms with Crippen molar-refractivity contribution in [1.82, 2.24) is 10.2 Å². The van der Waals surface area contributed by atoms with Crippen LogP contribution in [0, 0.1) is 0 Å². The summed E-state index contributed by atoms with van der Waals surface area (Å²) in [7, 11) is 0. The van der Waals surface area contributed by atoms with E-state index in [0.717, 1.165) is 5.56 Å². The van der Waals surface area contributed by atoms with Gasteiger partial charge in [-0.1, -0.05) is 42.3 Å². The van der Waals surface area contributed by atoms with Gasteiger partial charge in [-0.15, -0.1) is 0 Å². The van der Waals surface area contributed by atoms with Gasteiger partial charge in [-0.3, -0.25) is 9.59 Å². The van der Waals surface area contributed by atoms with Gasteiger partial charge < -0.3 is 15.0 Å². The largest absolute Gasteiger partial charge is 0.494 e. The molecule has 0 aliphatic rings. The van der Waals surface area contributed by atoms with Crippen LogP contribution in [0.3, 0.4) is 0 Å². The summed E-state index contributed by atoms with van der Waals surface area (Å²) >= 11 is 11.9. The smallest absolute Gasteiger partial charge is 0.243 e. The van der Waals surface area contributed by atoms with E-state index in [4.69, 9.17) is 27.9 Å². The fourth-order valence-electron chi connectivity index (χ4n) is 3.25. The predicted octanol–water partition coefficient (Wildman–Crippen LogP) is 5.87. The number of amides is 2. The van der Waals surface area contributed by atoms with Crippen LogP contribution in [0.25, 0.3) is 0 Å². The van der Waals surface area contributed by atoms with Gasteiger partial charge in [0.15, 0.2) is 0 Å². The maximum Gasteiger partial charge on any atom is 0.243 e. The number of nitrogens with one attached hydrogen (secondary N) is 1. The summed E-state index contributed by atoms with van der Waals surface area (Å²) in [6.07, 6.45) is 1.33. The summed E-state index contributed by atoms with van der Waals surface area (Å²) in [5, 5.41) is 4.28. The third kappa shape index (κ3) is 8.71. The van der Waals surface area contributed by atoms with Crippen molar-refractivity contribution >= 4 is 35.0 Å². The summed E-state index contributed by atoms with van der Waals surface area (Å²) in [5.41, 5.74) is 0.536. The van der Waals surface area contributed by atoms with Crippen LogP contribution in [-0.2, 0) is 16.1 Å². The lowest BCUT2D eigenvalue weighted by Crippen LogP contribution is -2.53. The zero-order valence-electron chi connectivity index (χ0n) is 19.2. The van der Waals surface area contributed by atoms with Crippen molar-refractivity contribution in [3.05, 3.63) is 64.1 Å². The minimum absolute atomic E-state index is 0.0874. The minimum Gasteiger partial charge on any atom is -0.494 e. The molecule has 1 atom stereocenters. The fourth-order valence-corrected chi connectivity index (χ4v) is 3.50. The van der Waals surface area contributed by atoms with Crippen LogP contribution in [0.4, 0.5) is 0 Å². The molecule has 0 bridgehead atoms. The Kier molecular flexibility index (Phi) is 9.85. The SMILES string of the molecule is CC[C@H](C(=O)NC(C)(C)C)N(Cc1ccc(Cl)cc1)C(=O)CCCOc1ccc(Cl)cc1. The van der Waals surface area contributed by atoms with E-state index in [1.807, 2.05) is 39.8 Å². The average molecular weight is 479 g/mol. The number of nitrogens with zero attached hydrogens (tertiary/aromatic N) is 1. The molecule has 0 radical (unpaired) electrons. The maximum absolute atomic E-state index is 13.2. The molecule has 2 aromatic carbocycles. The van der Waals surface area contributed by atoms with E-state index in [9.17, 15) is 9.59 Å². The first kappa shape index (κ1) is 26.0. The fraction of sp³-hybridized carbons (Fsp3) is 0.440. The highest BCUT2D eigenvalue weighted by Crippen LogP contribution is 2.18. The monoisotopic (exact) mass is 478 g/mol. The van der Waals surface area contributed by atoms with E-state index < -0.39 is 6.04 Å². The molecule has 0 fully saturated rings. The van der Waals surface area contributed by atoms with Gasteiger partial charge in [0, 0.05) is 28.5 Å². The van der Waals surface area contributed by atoms with Crippen LogP contribution in [0.5, 0.6) is 5.75 Å². The second kappa shape index (κ2) is 12.1. The Morgan fingerprint density at radius 3 is 2.09 bits per heavy atom. The number of halogens is 2. The van der Waals surface area contributed by atoms with Crippen LogP contribution >= 0.6 is 23.2 Å². The van der Waals surface area contributed by atoms with Crippen molar-refractivity contribution in [3.63, 3.8) is 0 Å². The number of benzene rings is 2.